The zero-order valence-corrected chi connectivity index (χ0v) is 23.0. The second-order valence-corrected chi connectivity index (χ2v) is 10.5. The van der Waals surface area contributed by atoms with Gasteiger partial charge in [-0.2, -0.15) is 0 Å². The SMILES string of the molecule is COc1ccc(NC(=O)N(C)C[C@@H]2Oc3ccc(NC(=O)C4CC4)cc3CC(=O)N([C@@H](C)CO)C[C@H]2C)cc1. The number of fused-ring (bicyclic) bond motifs is 1. The van der Waals surface area contributed by atoms with Gasteiger partial charge < -0.3 is 35.0 Å². The zero-order chi connectivity index (χ0) is 28.1. The molecule has 10 heteroatoms. The predicted molar refractivity (Wildman–Crippen MR) is 148 cm³/mol. The molecule has 2 aromatic rings. The molecular formula is C29H38N4O6. The second-order valence-electron chi connectivity index (χ2n) is 10.5. The first-order valence-corrected chi connectivity index (χ1v) is 13.4. The maximum atomic E-state index is 13.4. The topological polar surface area (TPSA) is 120 Å². The van der Waals surface area contributed by atoms with Crippen molar-refractivity contribution in [1.82, 2.24) is 9.80 Å². The number of hydrogen-bond acceptors (Lipinski definition) is 6. The van der Waals surface area contributed by atoms with Crippen molar-refractivity contribution in [3.63, 3.8) is 0 Å². The van der Waals surface area contributed by atoms with Crippen molar-refractivity contribution in [1.29, 1.82) is 0 Å². The van der Waals surface area contributed by atoms with Gasteiger partial charge in [0.2, 0.25) is 11.8 Å². The molecule has 1 aliphatic carbocycles. The minimum atomic E-state index is -0.443. The average molecular weight is 539 g/mol. The lowest BCUT2D eigenvalue weighted by Gasteiger charge is -2.34. The van der Waals surface area contributed by atoms with Crippen LogP contribution in [0.3, 0.4) is 0 Å². The number of rotatable bonds is 8. The van der Waals surface area contributed by atoms with Crippen LogP contribution in [0.15, 0.2) is 42.5 Å². The molecule has 0 radical (unpaired) electrons. The summed E-state index contributed by atoms with van der Waals surface area (Å²) in [5.74, 6) is 0.978. The van der Waals surface area contributed by atoms with Gasteiger partial charge in [-0.05, 0) is 62.2 Å². The van der Waals surface area contributed by atoms with E-state index in [1.807, 2.05) is 6.92 Å². The second kappa shape index (κ2) is 12.4. The van der Waals surface area contributed by atoms with E-state index in [4.69, 9.17) is 9.47 Å². The summed E-state index contributed by atoms with van der Waals surface area (Å²) in [4.78, 5) is 41.9. The lowest BCUT2D eigenvalue weighted by molar-refractivity contribution is -0.134. The molecule has 210 valence electrons. The number of nitrogens with zero attached hydrogens (tertiary/aromatic N) is 2. The van der Waals surface area contributed by atoms with E-state index < -0.39 is 6.10 Å². The average Bonchev–Trinajstić information content (AvgIpc) is 3.77. The number of anilines is 2. The Balaban J connectivity index is 1.55. The lowest BCUT2D eigenvalue weighted by atomic mass is 10.0. The van der Waals surface area contributed by atoms with E-state index in [9.17, 15) is 19.5 Å². The smallest absolute Gasteiger partial charge is 0.321 e. The van der Waals surface area contributed by atoms with Crippen molar-refractivity contribution in [2.45, 2.75) is 45.3 Å². The molecule has 0 saturated heterocycles. The van der Waals surface area contributed by atoms with Crippen LogP contribution in [-0.4, -0.2) is 78.8 Å². The normalized spacial score (nSPS) is 19.9. The van der Waals surface area contributed by atoms with Crippen molar-refractivity contribution < 1.29 is 29.0 Å². The molecule has 3 N–H and O–H groups in total. The van der Waals surface area contributed by atoms with Crippen molar-refractivity contribution in [2.24, 2.45) is 11.8 Å². The monoisotopic (exact) mass is 538 g/mol. The molecule has 0 bridgehead atoms. The van der Waals surface area contributed by atoms with Crippen LogP contribution in [0.25, 0.3) is 0 Å². The van der Waals surface area contributed by atoms with Crippen LogP contribution >= 0.6 is 0 Å². The highest BCUT2D eigenvalue weighted by atomic mass is 16.5. The highest BCUT2D eigenvalue weighted by Crippen LogP contribution is 2.32. The Kier molecular flexibility index (Phi) is 8.96. The fourth-order valence-corrected chi connectivity index (χ4v) is 4.56. The van der Waals surface area contributed by atoms with Crippen molar-refractivity contribution in [3.8, 4) is 11.5 Å². The van der Waals surface area contributed by atoms with Gasteiger partial charge in [-0.1, -0.05) is 6.92 Å². The number of methoxy groups -OCH3 is 1. The van der Waals surface area contributed by atoms with Gasteiger partial charge >= 0.3 is 6.03 Å². The van der Waals surface area contributed by atoms with Gasteiger partial charge in [-0.25, -0.2) is 4.79 Å². The molecule has 4 rings (SSSR count). The number of aliphatic hydroxyl groups excluding tert-OH is 1. The minimum Gasteiger partial charge on any atom is -0.497 e. The molecule has 1 aliphatic heterocycles. The lowest BCUT2D eigenvalue weighted by Crippen LogP contribution is -2.48. The molecule has 2 aromatic carbocycles. The van der Waals surface area contributed by atoms with Gasteiger partial charge in [-0.15, -0.1) is 0 Å². The maximum absolute atomic E-state index is 13.4. The van der Waals surface area contributed by atoms with E-state index in [0.717, 1.165) is 12.8 Å². The highest BCUT2D eigenvalue weighted by molar-refractivity contribution is 5.94. The number of urea groups is 1. The number of amides is 4. The van der Waals surface area contributed by atoms with Crippen molar-refractivity contribution >= 4 is 29.2 Å². The number of benzene rings is 2. The molecule has 1 fully saturated rings. The minimum absolute atomic E-state index is 0.0169. The number of carbonyl (C=O) groups excluding carboxylic acids is 3. The van der Waals surface area contributed by atoms with Gasteiger partial charge in [0.05, 0.1) is 32.7 Å². The predicted octanol–water partition coefficient (Wildman–Crippen LogP) is 3.36. The van der Waals surface area contributed by atoms with Crippen molar-refractivity contribution in [2.75, 3.05) is 44.5 Å². The Morgan fingerprint density at radius 3 is 2.49 bits per heavy atom. The molecule has 10 nitrogen and oxygen atoms in total. The summed E-state index contributed by atoms with van der Waals surface area (Å²) in [6, 6.07) is 11.7. The Labute approximate surface area is 229 Å². The summed E-state index contributed by atoms with van der Waals surface area (Å²) < 4.78 is 11.6. The molecule has 0 unspecified atom stereocenters. The molecule has 39 heavy (non-hydrogen) atoms. The van der Waals surface area contributed by atoms with Gasteiger partial charge in [0, 0.05) is 42.4 Å². The molecule has 3 atom stereocenters. The fraction of sp³-hybridized carbons (Fsp3) is 0.483. The number of aliphatic hydroxyl groups is 1. The third kappa shape index (κ3) is 7.20. The summed E-state index contributed by atoms with van der Waals surface area (Å²) >= 11 is 0. The van der Waals surface area contributed by atoms with Crippen LogP contribution in [0.2, 0.25) is 0 Å². The van der Waals surface area contributed by atoms with E-state index in [-0.39, 0.29) is 55.3 Å². The largest absolute Gasteiger partial charge is 0.497 e. The van der Waals surface area contributed by atoms with E-state index in [0.29, 0.717) is 35.0 Å². The standard InChI is InChI=1S/C29H38N4O6/c1-18-15-33(19(2)17-34)27(35)14-21-13-23(30-28(36)20-5-6-20)9-12-25(21)39-26(18)16-32(3)29(37)31-22-7-10-24(38-4)11-8-22/h7-13,18-20,26,34H,5-6,14-17H2,1-4H3,(H,30,36)(H,31,37)/t18-,19+,26+/m1/s1. The van der Waals surface area contributed by atoms with Crippen LogP contribution in [0.4, 0.5) is 16.2 Å². The van der Waals surface area contributed by atoms with Gasteiger partial charge in [0.1, 0.15) is 17.6 Å². The summed E-state index contributed by atoms with van der Waals surface area (Å²) in [5.41, 5.74) is 1.90. The third-order valence-corrected chi connectivity index (χ3v) is 7.27. The van der Waals surface area contributed by atoms with Crippen LogP contribution in [0.5, 0.6) is 11.5 Å². The Hall–Kier alpha value is -3.79. The van der Waals surface area contributed by atoms with Gasteiger partial charge in [0.15, 0.2) is 0 Å². The third-order valence-electron chi connectivity index (χ3n) is 7.27. The molecule has 2 aliphatic rings. The highest BCUT2D eigenvalue weighted by Gasteiger charge is 2.33. The quantitative estimate of drug-likeness (QED) is 0.474. The van der Waals surface area contributed by atoms with Crippen LogP contribution < -0.4 is 20.1 Å². The fourth-order valence-electron chi connectivity index (χ4n) is 4.56. The summed E-state index contributed by atoms with van der Waals surface area (Å²) in [6.07, 6.45) is 1.42. The Morgan fingerprint density at radius 1 is 1.15 bits per heavy atom. The zero-order valence-electron chi connectivity index (χ0n) is 23.0. The van der Waals surface area contributed by atoms with Crippen LogP contribution in [0.1, 0.15) is 32.3 Å². The summed E-state index contributed by atoms with van der Waals surface area (Å²) in [5, 5.41) is 15.6. The summed E-state index contributed by atoms with van der Waals surface area (Å²) in [7, 11) is 3.27. The van der Waals surface area contributed by atoms with Crippen LogP contribution in [0, 0.1) is 11.8 Å². The Bertz CT molecular complexity index is 1180. The number of nitrogens with one attached hydrogen (secondary N) is 2. The van der Waals surface area contributed by atoms with Crippen molar-refractivity contribution in [3.05, 3.63) is 48.0 Å². The number of carbonyl (C=O) groups is 3. The van der Waals surface area contributed by atoms with Gasteiger partial charge in [-0.3, -0.25) is 9.59 Å². The molecule has 1 heterocycles. The number of likely N-dealkylation sites (N-methyl/N-ethyl adjacent to an activating group) is 1. The molecule has 1 saturated carbocycles. The van der Waals surface area contributed by atoms with Gasteiger partial charge in [0.25, 0.3) is 0 Å². The first kappa shape index (κ1) is 28.2. The molecule has 0 spiro atoms. The van der Waals surface area contributed by atoms with E-state index >= 15 is 0 Å². The number of ether oxygens (including phenoxy) is 2. The molecular weight excluding hydrogens is 500 g/mol. The molecule has 4 amide bonds. The maximum Gasteiger partial charge on any atom is 0.321 e. The first-order valence-electron chi connectivity index (χ1n) is 13.4. The Morgan fingerprint density at radius 2 is 1.85 bits per heavy atom. The van der Waals surface area contributed by atoms with E-state index in [1.54, 1.807) is 73.3 Å². The first-order chi connectivity index (χ1) is 18.7. The van der Waals surface area contributed by atoms with E-state index in [1.165, 1.54) is 0 Å². The van der Waals surface area contributed by atoms with E-state index in [2.05, 4.69) is 10.6 Å². The summed E-state index contributed by atoms with van der Waals surface area (Å²) in [6.45, 7) is 4.23. The van der Waals surface area contributed by atoms with Crippen LogP contribution in [-0.2, 0) is 16.0 Å². The number of hydrogen-bond donors (Lipinski definition) is 3. The molecule has 0 aromatic heterocycles.